The van der Waals surface area contributed by atoms with Crippen LogP contribution in [0.25, 0.3) is 0 Å². The van der Waals surface area contributed by atoms with E-state index < -0.39 is 0 Å². The number of thioether (sulfide) groups is 1. The molecule has 6 heteroatoms. The summed E-state index contributed by atoms with van der Waals surface area (Å²) < 4.78 is 0. The van der Waals surface area contributed by atoms with Gasteiger partial charge in [0.15, 0.2) is 0 Å². The molecule has 0 spiro atoms. The zero-order chi connectivity index (χ0) is 16.2. The average molecular weight is 331 g/mol. The molecule has 0 aromatic heterocycles. The molecule has 1 aliphatic heterocycles. The first kappa shape index (κ1) is 16.1. The van der Waals surface area contributed by atoms with E-state index in [9.17, 15) is 9.59 Å². The van der Waals surface area contributed by atoms with E-state index in [2.05, 4.69) is 15.8 Å². The average Bonchev–Trinajstić information content (AvgIpc) is 2.47. The second kappa shape index (κ2) is 7.17. The first-order chi connectivity index (χ1) is 11.1. The van der Waals surface area contributed by atoms with E-state index in [1.54, 1.807) is 0 Å². The summed E-state index contributed by atoms with van der Waals surface area (Å²) in [5, 5.41) is 7.05. The minimum atomic E-state index is -0.0476. The van der Waals surface area contributed by atoms with Crippen molar-refractivity contribution in [2.24, 2.45) is 16.9 Å². The van der Waals surface area contributed by atoms with Gasteiger partial charge in [0, 0.05) is 23.8 Å². The van der Waals surface area contributed by atoms with Gasteiger partial charge in [-0.3, -0.25) is 9.59 Å². The van der Waals surface area contributed by atoms with Crippen molar-refractivity contribution in [2.45, 2.75) is 32.6 Å². The molecule has 2 aliphatic rings. The minimum absolute atomic E-state index is 0.000267. The number of benzene rings is 1. The van der Waals surface area contributed by atoms with Crippen molar-refractivity contribution in [3.63, 3.8) is 0 Å². The van der Waals surface area contributed by atoms with Gasteiger partial charge in [-0.2, -0.15) is 5.10 Å². The molecule has 0 saturated heterocycles. The predicted molar refractivity (Wildman–Crippen MR) is 93.7 cm³/mol. The van der Waals surface area contributed by atoms with Crippen molar-refractivity contribution >= 4 is 34.3 Å². The van der Waals surface area contributed by atoms with Crippen LogP contribution in [-0.4, -0.2) is 22.6 Å². The lowest BCUT2D eigenvalue weighted by molar-refractivity contribution is -0.121. The van der Waals surface area contributed by atoms with Crippen LogP contribution in [0.15, 0.2) is 29.4 Å². The van der Waals surface area contributed by atoms with Crippen molar-refractivity contribution in [1.29, 1.82) is 0 Å². The number of hydrogen-bond acceptors (Lipinski definition) is 4. The summed E-state index contributed by atoms with van der Waals surface area (Å²) >= 11 is 1.37. The molecule has 1 fully saturated rings. The molecule has 0 radical (unpaired) electrons. The molecule has 2 amide bonds. The lowest BCUT2D eigenvalue weighted by atomic mass is 9.87. The van der Waals surface area contributed by atoms with Crippen molar-refractivity contribution in [3.8, 4) is 0 Å². The van der Waals surface area contributed by atoms with Gasteiger partial charge in [0.1, 0.15) is 0 Å². The Kier molecular flexibility index (Phi) is 5.00. The Hall–Kier alpha value is -1.82. The summed E-state index contributed by atoms with van der Waals surface area (Å²) in [7, 11) is 0. The molecule has 0 bridgehead atoms. The van der Waals surface area contributed by atoms with Crippen LogP contribution >= 0.6 is 11.8 Å². The molecule has 23 heavy (non-hydrogen) atoms. The zero-order valence-electron chi connectivity index (χ0n) is 13.2. The summed E-state index contributed by atoms with van der Waals surface area (Å²) in [5.74, 6) is 1.68. The molecule has 2 N–H and O–H groups in total. The van der Waals surface area contributed by atoms with E-state index in [4.69, 9.17) is 0 Å². The van der Waals surface area contributed by atoms with Crippen molar-refractivity contribution in [1.82, 2.24) is 5.43 Å². The number of hydrazone groups is 1. The second-order valence-electron chi connectivity index (χ2n) is 6.23. The largest absolute Gasteiger partial charge is 0.317 e. The molecule has 1 unspecified atom stereocenters. The molecular weight excluding hydrogens is 310 g/mol. The van der Waals surface area contributed by atoms with E-state index in [0.29, 0.717) is 12.3 Å². The highest BCUT2D eigenvalue weighted by molar-refractivity contribution is 8.13. The molecular formula is C17H21N3O2S. The highest BCUT2D eigenvalue weighted by atomic mass is 32.2. The Morgan fingerprint density at radius 3 is 2.70 bits per heavy atom. The number of carbonyl (C=O) groups excluding carboxylic acids is 2. The van der Waals surface area contributed by atoms with Gasteiger partial charge in [-0.05, 0) is 36.5 Å². The molecule has 1 aliphatic carbocycles. The van der Waals surface area contributed by atoms with Crippen LogP contribution in [0, 0.1) is 11.8 Å². The molecule has 122 valence electrons. The van der Waals surface area contributed by atoms with Crippen molar-refractivity contribution in [3.05, 3.63) is 29.8 Å². The van der Waals surface area contributed by atoms with E-state index in [1.165, 1.54) is 31.0 Å². The van der Waals surface area contributed by atoms with Gasteiger partial charge in [0.25, 0.3) is 5.24 Å². The number of hydrogen-bond donors (Lipinski definition) is 2. The third-order valence-electron chi connectivity index (χ3n) is 4.36. The summed E-state index contributed by atoms with van der Waals surface area (Å²) in [6.45, 7) is 1.99. The highest BCUT2D eigenvalue weighted by Gasteiger charge is 2.21. The Balaban J connectivity index is 1.56. The molecule has 3 rings (SSSR count). The van der Waals surface area contributed by atoms with Crippen LogP contribution in [0.4, 0.5) is 10.5 Å². The third-order valence-corrected chi connectivity index (χ3v) is 5.36. The zero-order valence-corrected chi connectivity index (χ0v) is 14.0. The molecule has 1 atom stereocenters. The van der Waals surface area contributed by atoms with Gasteiger partial charge < -0.3 is 5.32 Å². The molecule has 5 nitrogen and oxygen atoms in total. The lowest BCUT2D eigenvalue weighted by Crippen LogP contribution is -2.31. The molecule has 1 saturated carbocycles. The van der Waals surface area contributed by atoms with Gasteiger partial charge in [0.2, 0.25) is 5.91 Å². The van der Waals surface area contributed by atoms with Crippen LogP contribution in [0.1, 0.15) is 38.2 Å². The molecule has 1 heterocycles. The highest BCUT2D eigenvalue weighted by Crippen LogP contribution is 2.30. The summed E-state index contributed by atoms with van der Waals surface area (Å²) in [6.07, 6.45) is 4.27. The Morgan fingerprint density at radius 2 is 2.09 bits per heavy atom. The van der Waals surface area contributed by atoms with Crippen molar-refractivity contribution in [2.75, 3.05) is 11.1 Å². The number of nitrogens with zero attached hydrogens (tertiary/aromatic N) is 1. The van der Waals surface area contributed by atoms with Crippen LogP contribution < -0.4 is 10.7 Å². The predicted octanol–water partition coefficient (Wildman–Crippen LogP) is 3.61. The van der Waals surface area contributed by atoms with Crippen LogP contribution in [0.3, 0.4) is 0 Å². The topological polar surface area (TPSA) is 70.6 Å². The number of anilines is 1. The fourth-order valence-electron chi connectivity index (χ4n) is 2.73. The van der Waals surface area contributed by atoms with Gasteiger partial charge in [0.05, 0.1) is 5.71 Å². The van der Waals surface area contributed by atoms with Crippen LogP contribution in [0.2, 0.25) is 0 Å². The summed E-state index contributed by atoms with van der Waals surface area (Å²) in [5.41, 5.74) is 5.15. The number of nitrogens with one attached hydrogen (secondary N) is 2. The third kappa shape index (κ3) is 4.13. The fourth-order valence-corrected chi connectivity index (χ4v) is 3.64. The smallest absolute Gasteiger partial charge is 0.283 e. The standard InChI is InChI=1S/C17H21N3O2S/c1-11-9-15(21)19-20-16(11)13-5-7-14(8-6-13)18-17(22)23-10-12-3-2-4-12/h5-8,11-12H,2-4,9-10H2,1H3,(H,18,22)(H,19,21). The SMILES string of the molecule is CC1CC(=O)NN=C1c1ccc(NC(=O)SCC2CCC2)cc1. The fraction of sp³-hybridized carbons (Fsp3) is 0.471. The Labute approximate surface area is 140 Å². The van der Waals surface area contributed by atoms with E-state index in [1.807, 2.05) is 31.2 Å². The monoisotopic (exact) mass is 331 g/mol. The number of carbonyl (C=O) groups is 2. The van der Waals surface area contributed by atoms with Gasteiger partial charge in [-0.25, -0.2) is 5.43 Å². The van der Waals surface area contributed by atoms with Crippen LogP contribution in [0.5, 0.6) is 0 Å². The second-order valence-corrected chi connectivity index (χ2v) is 7.23. The van der Waals surface area contributed by atoms with Crippen molar-refractivity contribution < 1.29 is 9.59 Å². The normalized spacial score (nSPS) is 21.2. The van der Waals surface area contributed by atoms with Crippen LogP contribution in [-0.2, 0) is 4.79 Å². The lowest BCUT2D eigenvalue weighted by Gasteiger charge is -2.24. The van der Waals surface area contributed by atoms with E-state index >= 15 is 0 Å². The summed E-state index contributed by atoms with van der Waals surface area (Å²) in [4.78, 5) is 23.2. The maximum atomic E-state index is 11.9. The first-order valence-corrected chi connectivity index (χ1v) is 9.01. The van der Waals surface area contributed by atoms with E-state index in [-0.39, 0.29) is 17.1 Å². The first-order valence-electron chi connectivity index (χ1n) is 8.02. The Morgan fingerprint density at radius 1 is 1.35 bits per heavy atom. The summed E-state index contributed by atoms with van der Waals surface area (Å²) in [6, 6.07) is 7.61. The van der Waals surface area contributed by atoms with Gasteiger partial charge in [-0.15, -0.1) is 0 Å². The van der Waals surface area contributed by atoms with Gasteiger partial charge >= 0.3 is 0 Å². The maximum absolute atomic E-state index is 11.9. The minimum Gasteiger partial charge on any atom is -0.317 e. The van der Waals surface area contributed by atoms with Gasteiger partial charge in [-0.1, -0.05) is 37.2 Å². The number of rotatable bonds is 4. The van der Waals surface area contributed by atoms with E-state index in [0.717, 1.165) is 22.7 Å². The number of amides is 2. The molecule has 1 aromatic carbocycles. The quantitative estimate of drug-likeness (QED) is 0.885. The maximum Gasteiger partial charge on any atom is 0.283 e. The molecule has 1 aromatic rings. The Bertz CT molecular complexity index is 623.